The normalized spacial score (nSPS) is 10.5. The van der Waals surface area contributed by atoms with Crippen molar-refractivity contribution in [1.82, 2.24) is 9.78 Å². The maximum absolute atomic E-state index is 12.0. The molecule has 110 valence electrons. The van der Waals surface area contributed by atoms with Crippen LogP contribution in [0, 0.1) is 0 Å². The SMILES string of the molecule is CCn1nc(-c2ccc(OC)c(Cl)c2)cc(C(C)=O)c1=O. The van der Waals surface area contributed by atoms with Crippen LogP contribution in [-0.4, -0.2) is 22.7 Å². The monoisotopic (exact) mass is 306 g/mol. The van der Waals surface area contributed by atoms with Crippen molar-refractivity contribution in [3.63, 3.8) is 0 Å². The minimum Gasteiger partial charge on any atom is -0.495 e. The molecule has 0 unspecified atom stereocenters. The lowest BCUT2D eigenvalue weighted by Crippen LogP contribution is -2.27. The molecule has 1 aromatic heterocycles. The lowest BCUT2D eigenvalue weighted by atomic mass is 10.1. The van der Waals surface area contributed by atoms with Crippen LogP contribution in [0.2, 0.25) is 5.02 Å². The second-order valence-electron chi connectivity index (χ2n) is 4.47. The van der Waals surface area contributed by atoms with Crippen LogP contribution < -0.4 is 10.3 Å². The molecular weight excluding hydrogens is 292 g/mol. The fourth-order valence-electron chi connectivity index (χ4n) is 1.98. The standard InChI is InChI=1S/C15H15ClN2O3/c1-4-18-15(20)11(9(2)19)8-13(17-18)10-5-6-14(21-3)12(16)7-10/h5-8H,4H2,1-3H3. The Morgan fingerprint density at radius 3 is 2.62 bits per heavy atom. The molecule has 0 atom stereocenters. The molecule has 0 radical (unpaired) electrons. The topological polar surface area (TPSA) is 61.2 Å². The van der Waals surface area contributed by atoms with Gasteiger partial charge in [0.2, 0.25) is 0 Å². The fraction of sp³-hybridized carbons (Fsp3) is 0.267. The first-order chi connectivity index (χ1) is 9.97. The maximum atomic E-state index is 12.0. The lowest BCUT2D eigenvalue weighted by molar-refractivity contribution is 0.101. The van der Waals surface area contributed by atoms with Gasteiger partial charge in [-0.1, -0.05) is 11.6 Å². The number of nitrogens with zero attached hydrogens (tertiary/aromatic N) is 2. The molecule has 21 heavy (non-hydrogen) atoms. The Bertz CT molecular complexity index is 753. The van der Waals surface area contributed by atoms with Crippen LogP contribution in [-0.2, 0) is 6.54 Å². The molecule has 0 spiro atoms. The minimum atomic E-state index is -0.381. The van der Waals surface area contributed by atoms with Crippen molar-refractivity contribution >= 4 is 17.4 Å². The molecule has 0 saturated heterocycles. The molecule has 0 aliphatic carbocycles. The molecule has 5 nitrogen and oxygen atoms in total. The summed E-state index contributed by atoms with van der Waals surface area (Å²) in [6, 6.07) is 6.68. The van der Waals surface area contributed by atoms with E-state index in [4.69, 9.17) is 16.3 Å². The van der Waals surface area contributed by atoms with E-state index in [9.17, 15) is 9.59 Å². The number of hydrogen-bond donors (Lipinski definition) is 0. The fourth-order valence-corrected chi connectivity index (χ4v) is 2.23. The largest absolute Gasteiger partial charge is 0.495 e. The summed E-state index contributed by atoms with van der Waals surface area (Å²) >= 11 is 6.10. The number of benzene rings is 1. The van der Waals surface area contributed by atoms with Crippen LogP contribution in [0.3, 0.4) is 0 Å². The maximum Gasteiger partial charge on any atom is 0.277 e. The van der Waals surface area contributed by atoms with Gasteiger partial charge in [0.05, 0.1) is 23.4 Å². The number of hydrogen-bond acceptors (Lipinski definition) is 4. The highest BCUT2D eigenvalue weighted by Gasteiger charge is 2.13. The van der Waals surface area contributed by atoms with Crippen LogP contribution in [0.25, 0.3) is 11.3 Å². The number of ketones is 1. The Hall–Kier alpha value is -2.14. The van der Waals surface area contributed by atoms with Crippen LogP contribution in [0.4, 0.5) is 0 Å². The summed E-state index contributed by atoms with van der Waals surface area (Å²) in [5, 5.41) is 4.69. The zero-order valence-corrected chi connectivity index (χ0v) is 12.8. The summed E-state index contributed by atoms with van der Waals surface area (Å²) in [6.07, 6.45) is 0. The van der Waals surface area contributed by atoms with Gasteiger partial charge in [-0.2, -0.15) is 5.10 Å². The van der Waals surface area contributed by atoms with Gasteiger partial charge >= 0.3 is 0 Å². The number of Topliss-reactive ketones (excluding diaryl/α,β-unsaturated/α-hetero) is 1. The number of methoxy groups -OCH3 is 1. The third-order valence-electron chi connectivity index (χ3n) is 3.10. The van der Waals surface area contributed by atoms with E-state index in [1.165, 1.54) is 24.8 Å². The molecule has 1 aromatic carbocycles. The summed E-state index contributed by atoms with van der Waals surface area (Å²) < 4.78 is 6.37. The van der Waals surface area contributed by atoms with Crippen molar-refractivity contribution in [2.24, 2.45) is 0 Å². The zero-order valence-electron chi connectivity index (χ0n) is 12.0. The van der Waals surface area contributed by atoms with Gasteiger partial charge in [-0.15, -0.1) is 0 Å². The molecule has 1 heterocycles. The second kappa shape index (κ2) is 6.10. The first kappa shape index (κ1) is 15.3. The Balaban J connectivity index is 2.64. The van der Waals surface area contributed by atoms with Gasteiger partial charge in [-0.25, -0.2) is 4.68 Å². The molecule has 0 aliphatic rings. The van der Waals surface area contributed by atoms with Crippen LogP contribution >= 0.6 is 11.6 Å². The highest BCUT2D eigenvalue weighted by Crippen LogP contribution is 2.29. The van der Waals surface area contributed by atoms with E-state index in [1.54, 1.807) is 25.1 Å². The highest BCUT2D eigenvalue weighted by molar-refractivity contribution is 6.32. The van der Waals surface area contributed by atoms with Gasteiger partial charge < -0.3 is 4.74 Å². The van der Waals surface area contributed by atoms with Gasteiger partial charge in [0, 0.05) is 12.1 Å². The van der Waals surface area contributed by atoms with Crippen molar-refractivity contribution in [1.29, 1.82) is 0 Å². The molecule has 2 aromatic rings. The molecule has 6 heteroatoms. The number of halogens is 1. The van der Waals surface area contributed by atoms with E-state index in [-0.39, 0.29) is 16.9 Å². The van der Waals surface area contributed by atoms with E-state index < -0.39 is 0 Å². The third kappa shape index (κ3) is 2.97. The summed E-state index contributed by atoms with van der Waals surface area (Å²) in [4.78, 5) is 23.6. The van der Waals surface area contributed by atoms with E-state index in [0.717, 1.165) is 0 Å². The molecule has 2 rings (SSSR count). The molecule has 0 N–H and O–H groups in total. The third-order valence-corrected chi connectivity index (χ3v) is 3.40. The summed E-state index contributed by atoms with van der Waals surface area (Å²) in [7, 11) is 1.53. The Morgan fingerprint density at radius 2 is 2.10 bits per heavy atom. The minimum absolute atomic E-state index is 0.119. The molecule has 0 fully saturated rings. The summed E-state index contributed by atoms with van der Waals surface area (Å²) in [5.74, 6) is 0.265. The number of carbonyl (C=O) groups is 1. The van der Waals surface area contributed by atoms with Gasteiger partial charge in [-0.05, 0) is 38.1 Å². The van der Waals surface area contributed by atoms with Gasteiger partial charge in [-0.3, -0.25) is 9.59 Å². The van der Waals surface area contributed by atoms with Crippen LogP contribution in [0.1, 0.15) is 24.2 Å². The second-order valence-corrected chi connectivity index (χ2v) is 4.88. The lowest BCUT2D eigenvalue weighted by Gasteiger charge is -2.09. The quantitative estimate of drug-likeness (QED) is 0.815. The number of rotatable bonds is 4. The predicted octanol–water partition coefficient (Wildman–Crippen LogP) is 2.79. The van der Waals surface area contributed by atoms with Gasteiger partial charge in [0.1, 0.15) is 5.75 Å². The number of aryl methyl sites for hydroxylation is 1. The van der Waals surface area contributed by atoms with Crippen LogP contribution in [0.15, 0.2) is 29.1 Å². The Morgan fingerprint density at radius 1 is 1.38 bits per heavy atom. The number of ether oxygens (including phenoxy) is 1. The van der Waals surface area contributed by atoms with E-state index in [0.29, 0.717) is 28.6 Å². The molecule has 0 saturated carbocycles. The molecule has 0 aliphatic heterocycles. The van der Waals surface area contributed by atoms with Gasteiger partial charge in [0.15, 0.2) is 5.78 Å². The Labute approximate surface area is 127 Å². The van der Waals surface area contributed by atoms with Crippen LogP contribution in [0.5, 0.6) is 5.75 Å². The van der Waals surface area contributed by atoms with Gasteiger partial charge in [0.25, 0.3) is 5.56 Å². The molecular formula is C15H15ClN2O3. The van der Waals surface area contributed by atoms with E-state index in [1.807, 2.05) is 0 Å². The average Bonchev–Trinajstić information content (AvgIpc) is 2.47. The highest BCUT2D eigenvalue weighted by atomic mass is 35.5. The summed E-state index contributed by atoms with van der Waals surface area (Å²) in [6.45, 7) is 3.54. The number of carbonyl (C=O) groups excluding carboxylic acids is 1. The van der Waals surface area contributed by atoms with Crippen molar-refractivity contribution < 1.29 is 9.53 Å². The first-order valence-corrected chi connectivity index (χ1v) is 6.82. The van der Waals surface area contributed by atoms with Crippen molar-refractivity contribution in [2.75, 3.05) is 7.11 Å². The van der Waals surface area contributed by atoms with Crippen molar-refractivity contribution in [3.8, 4) is 17.0 Å². The summed E-state index contributed by atoms with van der Waals surface area (Å²) in [5.41, 5.74) is 0.971. The predicted molar refractivity (Wildman–Crippen MR) is 81.2 cm³/mol. The first-order valence-electron chi connectivity index (χ1n) is 6.45. The molecule has 0 amide bonds. The van der Waals surface area contributed by atoms with Crippen molar-refractivity contribution in [3.05, 3.63) is 45.2 Å². The Kier molecular flexibility index (Phi) is 4.43. The van der Waals surface area contributed by atoms with E-state index >= 15 is 0 Å². The average molecular weight is 307 g/mol. The van der Waals surface area contributed by atoms with Crippen molar-refractivity contribution in [2.45, 2.75) is 20.4 Å². The zero-order chi connectivity index (χ0) is 15.6. The smallest absolute Gasteiger partial charge is 0.277 e. The molecule has 0 bridgehead atoms. The number of aromatic nitrogens is 2. The van der Waals surface area contributed by atoms with E-state index in [2.05, 4.69) is 5.10 Å².